The molecule has 0 atom stereocenters. The lowest BCUT2D eigenvalue weighted by Gasteiger charge is -2.25. The number of carbonyl (C=O) groups is 1. The molecule has 38 heavy (non-hydrogen) atoms. The van der Waals surface area contributed by atoms with Crippen molar-refractivity contribution < 1.29 is 13.2 Å². The van der Waals surface area contributed by atoms with Crippen LogP contribution in [0.3, 0.4) is 0 Å². The van der Waals surface area contributed by atoms with Crippen molar-refractivity contribution in [3.05, 3.63) is 112 Å². The second-order valence-electron chi connectivity index (χ2n) is 9.00. The average Bonchev–Trinajstić information content (AvgIpc) is 3.18. The van der Waals surface area contributed by atoms with Crippen molar-refractivity contribution in [2.24, 2.45) is 5.10 Å². The lowest BCUT2D eigenvalue weighted by atomic mass is 10.2. The van der Waals surface area contributed by atoms with E-state index in [1.54, 1.807) is 49.5 Å². The molecular weight excluding hydrogens is 520 g/mol. The molecule has 0 aliphatic heterocycles. The largest absolute Gasteiger partial charge is 0.318 e. The summed E-state index contributed by atoms with van der Waals surface area (Å²) in [7, 11) is -4.05. The lowest BCUT2D eigenvalue weighted by molar-refractivity contribution is -0.119. The Morgan fingerprint density at radius 3 is 2.34 bits per heavy atom. The van der Waals surface area contributed by atoms with Gasteiger partial charge in [-0.05, 0) is 75.7 Å². The van der Waals surface area contributed by atoms with Crippen LogP contribution in [0.5, 0.6) is 0 Å². The van der Waals surface area contributed by atoms with Gasteiger partial charge in [-0.1, -0.05) is 53.6 Å². The number of amides is 1. The molecule has 0 unspecified atom stereocenters. The van der Waals surface area contributed by atoms with Crippen LogP contribution >= 0.6 is 11.6 Å². The van der Waals surface area contributed by atoms with E-state index in [-0.39, 0.29) is 4.90 Å². The van der Waals surface area contributed by atoms with E-state index in [0.717, 1.165) is 26.9 Å². The normalized spacial score (nSPS) is 11.6. The fourth-order valence-corrected chi connectivity index (χ4v) is 5.90. The summed E-state index contributed by atoms with van der Waals surface area (Å²) in [5.41, 5.74) is 8.38. The first-order valence-electron chi connectivity index (χ1n) is 12.0. The molecule has 9 heteroatoms. The van der Waals surface area contributed by atoms with Crippen molar-refractivity contribution >= 4 is 39.4 Å². The molecule has 1 aromatic heterocycles. The molecule has 0 radical (unpaired) electrons. The van der Waals surface area contributed by atoms with Gasteiger partial charge in [-0.3, -0.25) is 9.10 Å². The van der Waals surface area contributed by atoms with Gasteiger partial charge in [0.2, 0.25) is 0 Å². The Hall–Kier alpha value is -3.88. The molecule has 196 valence electrons. The van der Waals surface area contributed by atoms with Crippen LogP contribution in [0.2, 0.25) is 5.02 Å². The van der Waals surface area contributed by atoms with Gasteiger partial charge >= 0.3 is 0 Å². The Labute approximate surface area is 228 Å². The molecule has 3 aromatic carbocycles. The standard InChI is InChI=1S/C29H29ClN4O3S/c1-20-13-15-25(16-14-20)34-21(2)17-24(23(34)4)18-31-32-29(35)19-33(28-12-8-11-27(30)22(28)3)38(36,37)26-9-6-5-7-10-26/h5-18H,19H2,1-4H3,(H,32,35)/b31-18-. The third-order valence-corrected chi connectivity index (χ3v) is 8.46. The maximum absolute atomic E-state index is 13.5. The minimum absolute atomic E-state index is 0.0687. The molecule has 1 heterocycles. The highest BCUT2D eigenvalue weighted by atomic mass is 35.5. The number of benzene rings is 3. The second kappa shape index (κ2) is 11.2. The molecule has 4 aromatic rings. The SMILES string of the molecule is Cc1ccc(-n2c(C)cc(/C=N\NC(=O)CN(c3cccc(Cl)c3C)S(=O)(=O)c3ccccc3)c2C)cc1. The highest BCUT2D eigenvalue weighted by molar-refractivity contribution is 7.92. The number of hydrogen-bond donors (Lipinski definition) is 1. The van der Waals surface area contributed by atoms with Crippen LogP contribution in [0.15, 0.2) is 88.9 Å². The summed E-state index contributed by atoms with van der Waals surface area (Å²) in [6.07, 6.45) is 1.56. The van der Waals surface area contributed by atoms with Crippen molar-refractivity contribution in [3.8, 4) is 5.69 Å². The molecule has 1 amide bonds. The third-order valence-electron chi connectivity index (χ3n) is 6.28. The Morgan fingerprint density at radius 1 is 0.974 bits per heavy atom. The summed E-state index contributed by atoms with van der Waals surface area (Å²) in [5.74, 6) is -0.590. The topological polar surface area (TPSA) is 83.8 Å². The number of halogens is 1. The molecule has 4 rings (SSSR count). The Bertz CT molecular complexity index is 1600. The number of hydrazone groups is 1. The Kier molecular flexibility index (Phi) is 8.04. The Morgan fingerprint density at radius 2 is 1.66 bits per heavy atom. The van der Waals surface area contributed by atoms with Crippen molar-refractivity contribution in [2.75, 3.05) is 10.8 Å². The number of nitrogens with one attached hydrogen (secondary N) is 1. The first kappa shape index (κ1) is 27.2. The summed E-state index contributed by atoms with van der Waals surface area (Å²) in [4.78, 5) is 13.0. The molecule has 7 nitrogen and oxygen atoms in total. The van der Waals surface area contributed by atoms with Crippen LogP contribution in [0.1, 0.15) is 28.1 Å². The minimum Gasteiger partial charge on any atom is -0.318 e. The van der Waals surface area contributed by atoms with E-state index in [1.807, 2.05) is 26.8 Å². The maximum atomic E-state index is 13.5. The number of hydrogen-bond acceptors (Lipinski definition) is 4. The molecule has 0 aliphatic rings. The predicted octanol–water partition coefficient (Wildman–Crippen LogP) is 5.71. The van der Waals surface area contributed by atoms with Gasteiger partial charge in [0.25, 0.3) is 15.9 Å². The van der Waals surface area contributed by atoms with Gasteiger partial charge in [0.05, 0.1) is 16.8 Å². The molecule has 0 saturated heterocycles. The third kappa shape index (κ3) is 5.66. The zero-order valence-electron chi connectivity index (χ0n) is 21.6. The molecule has 0 spiro atoms. The molecule has 0 bridgehead atoms. The Balaban J connectivity index is 1.57. The van der Waals surface area contributed by atoms with E-state index in [2.05, 4.69) is 39.4 Å². The van der Waals surface area contributed by atoms with Crippen LogP contribution < -0.4 is 9.73 Å². The number of anilines is 1. The van der Waals surface area contributed by atoms with Gasteiger partial charge in [0.1, 0.15) is 6.54 Å². The van der Waals surface area contributed by atoms with Crippen molar-refractivity contribution in [3.63, 3.8) is 0 Å². The van der Waals surface area contributed by atoms with Crippen molar-refractivity contribution in [1.29, 1.82) is 0 Å². The number of aryl methyl sites for hydroxylation is 2. The number of aromatic nitrogens is 1. The van der Waals surface area contributed by atoms with Crippen molar-refractivity contribution in [1.82, 2.24) is 9.99 Å². The number of rotatable bonds is 8. The molecule has 0 fully saturated rings. The van der Waals surface area contributed by atoms with Gasteiger partial charge in [-0.15, -0.1) is 0 Å². The second-order valence-corrected chi connectivity index (χ2v) is 11.3. The highest BCUT2D eigenvalue weighted by Crippen LogP contribution is 2.30. The van der Waals surface area contributed by atoms with Crippen LogP contribution in [0.4, 0.5) is 5.69 Å². The van der Waals surface area contributed by atoms with Crippen LogP contribution in [-0.2, 0) is 14.8 Å². The number of nitrogens with zero attached hydrogens (tertiary/aromatic N) is 3. The van der Waals surface area contributed by atoms with Crippen molar-refractivity contribution in [2.45, 2.75) is 32.6 Å². The lowest BCUT2D eigenvalue weighted by Crippen LogP contribution is -2.40. The van der Waals surface area contributed by atoms with E-state index >= 15 is 0 Å². The van der Waals surface area contributed by atoms with Gasteiger partial charge in [-0.25, -0.2) is 13.8 Å². The minimum atomic E-state index is -4.05. The van der Waals surface area contributed by atoms with E-state index in [0.29, 0.717) is 16.3 Å². The van der Waals surface area contributed by atoms with E-state index in [1.165, 1.54) is 17.7 Å². The van der Waals surface area contributed by atoms with Gasteiger partial charge in [0, 0.05) is 27.7 Å². The summed E-state index contributed by atoms with van der Waals surface area (Å²) in [5, 5.41) is 4.52. The smallest absolute Gasteiger partial charge is 0.264 e. The zero-order chi connectivity index (χ0) is 27.4. The average molecular weight is 549 g/mol. The molecular formula is C29H29ClN4O3S. The number of carbonyl (C=O) groups excluding carboxylic acids is 1. The summed E-state index contributed by atoms with van der Waals surface area (Å²) < 4.78 is 30.2. The van der Waals surface area contributed by atoms with Gasteiger partial charge < -0.3 is 4.57 Å². The van der Waals surface area contributed by atoms with E-state index in [9.17, 15) is 13.2 Å². The van der Waals surface area contributed by atoms with Gasteiger partial charge in [-0.2, -0.15) is 5.10 Å². The predicted molar refractivity (Wildman–Crippen MR) is 153 cm³/mol. The maximum Gasteiger partial charge on any atom is 0.264 e. The van der Waals surface area contributed by atoms with E-state index in [4.69, 9.17) is 11.6 Å². The summed E-state index contributed by atoms with van der Waals surface area (Å²) in [6, 6.07) is 23.1. The monoisotopic (exact) mass is 548 g/mol. The van der Waals surface area contributed by atoms with E-state index < -0.39 is 22.5 Å². The van der Waals surface area contributed by atoms with Gasteiger partial charge in [0.15, 0.2) is 0 Å². The van der Waals surface area contributed by atoms with Crippen LogP contribution in [-0.4, -0.2) is 31.7 Å². The molecule has 1 N–H and O–H groups in total. The van der Waals surface area contributed by atoms with Crippen LogP contribution in [0, 0.1) is 27.7 Å². The fraction of sp³-hybridized carbons (Fsp3) is 0.172. The first-order valence-corrected chi connectivity index (χ1v) is 13.8. The highest BCUT2D eigenvalue weighted by Gasteiger charge is 2.28. The summed E-state index contributed by atoms with van der Waals surface area (Å²) >= 11 is 6.28. The first-order chi connectivity index (χ1) is 18.1. The quantitative estimate of drug-likeness (QED) is 0.226. The molecule has 0 saturated carbocycles. The zero-order valence-corrected chi connectivity index (χ0v) is 23.2. The number of sulfonamides is 1. The fourth-order valence-electron chi connectivity index (χ4n) is 4.23. The molecule has 0 aliphatic carbocycles. The summed E-state index contributed by atoms with van der Waals surface area (Å²) in [6.45, 7) is 7.26. The van der Waals surface area contributed by atoms with Crippen LogP contribution in [0.25, 0.3) is 5.69 Å².